The highest BCUT2D eigenvalue weighted by Crippen LogP contribution is 2.50. The van der Waals surface area contributed by atoms with Gasteiger partial charge in [0.1, 0.15) is 29.5 Å². The third-order valence-electron chi connectivity index (χ3n) is 6.81. The van der Waals surface area contributed by atoms with E-state index in [2.05, 4.69) is 4.74 Å². The van der Waals surface area contributed by atoms with Gasteiger partial charge in [-0.05, 0) is 59.7 Å². The Kier molecular flexibility index (Phi) is 15.9. The van der Waals surface area contributed by atoms with E-state index in [1.54, 1.807) is 5.32 Å². The molecule has 0 spiro atoms. The third kappa shape index (κ3) is 15.6. The van der Waals surface area contributed by atoms with Crippen LogP contribution in [0.15, 0.2) is 97.1 Å². The van der Waals surface area contributed by atoms with E-state index in [-0.39, 0.29) is 35.8 Å². The number of hydrogen-bond donors (Lipinski definition) is 5. The van der Waals surface area contributed by atoms with Gasteiger partial charge >= 0.3 is 49.3 Å². The van der Waals surface area contributed by atoms with Crippen LogP contribution >= 0.6 is 6.72 Å². The number of amides is 3. The minimum Gasteiger partial charge on any atom is -0.478 e. The van der Waals surface area contributed by atoms with E-state index in [4.69, 9.17) is 56.5 Å². The maximum Gasteiger partial charge on any atom is 0.490 e. The summed E-state index contributed by atoms with van der Waals surface area (Å²) in [6.45, 7) is -4.06. The number of carbonyl (C=O) groups is 5. The normalized spacial score (nSPS) is 13.8. The van der Waals surface area contributed by atoms with Gasteiger partial charge < -0.3 is 49.5 Å². The van der Waals surface area contributed by atoms with Gasteiger partial charge in [0.25, 0.3) is 6.10 Å². The van der Waals surface area contributed by atoms with E-state index in [1.165, 1.54) is 60.7 Å². The van der Waals surface area contributed by atoms with E-state index in [9.17, 15) is 50.3 Å². The molecule has 24 heteroatoms. The number of nitrogens with one attached hydrogen (secondary N) is 1. The van der Waals surface area contributed by atoms with Gasteiger partial charge in [-0.25, -0.2) is 24.0 Å². The van der Waals surface area contributed by atoms with Crippen LogP contribution in [0, 0.1) is 0 Å². The lowest BCUT2D eigenvalue weighted by molar-refractivity contribution is -0.306. The Morgan fingerprint density at radius 3 is 1.29 bits per heavy atom. The third-order valence-corrected chi connectivity index (χ3v) is 8.79. The quantitative estimate of drug-likeness (QED) is 0.0354. The number of primary amides is 2. The summed E-state index contributed by atoms with van der Waals surface area (Å²) in [6.07, 6.45) is -18.7. The van der Waals surface area contributed by atoms with Crippen molar-refractivity contribution in [2.75, 3.05) is 5.32 Å². The molecule has 0 bridgehead atoms. The summed E-state index contributed by atoms with van der Waals surface area (Å²) < 4.78 is 108. The molecule has 16 nitrogen and oxygen atoms in total. The van der Waals surface area contributed by atoms with Crippen molar-refractivity contribution in [3.63, 3.8) is 0 Å². The number of alkyl halides is 6. The van der Waals surface area contributed by atoms with E-state index >= 15 is 0 Å². The van der Waals surface area contributed by atoms with Crippen LogP contribution < -0.4 is 30.4 Å². The van der Waals surface area contributed by atoms with E-state index < -0.39 is 67.6 Å². The van der Waals surface area contributed by atoms with E-state index in [0.29, 0.717) is 11.1 Å². The van der Waals surface area contributed by atoms with Crippen molar-refractivity contribution in [3.05, 3.63) is 108 Å². The lowest BCUT2D eigenvalue weighted by Gasteiger charge is -2.24. The molecule has 2 atom stereocenters. The van der Waals surface area contributed by atoms with Crippen molar-refractivity contribution in [2.24, 2.45) is 11.5 Å². The maximum atomic E-state index is 12.8. The fraction of sp³-hybridized carbons (Fsp3) is 0.206. The van der Waals surface area contributed by atoms with Gasteiger partial charge in [0, 0.05) is 42.5 Å². The molecule has 0 aliphatic rings. The van der Waals surface area contributed by atoms with Crippen LogP contribution in [0.5, 0.6) is 17.2 Å². The zero-order valence-corrected chi connectivity index (χ0v) is 30.8. The predicted octanol–water partition coefficient (Wildman–Crippen LogP) is 7.82. The molecule has 3 amide bonds. The molecular weight excluding hydrogens is 835 g/mol. The fourth-order valence-electron chi connectivity index (χ4n) is 4.47. The number of hydrogen-bond acceptors (Lipinski definition) is 12. The number of halogens is 6. The first kappa shape index (κ1) is 45.9. The summed E-state index contributed by atoms with van der Waals surface area (Å²) in [5, 5.41) is 19.5. The molecule has 0 heterocycles. The van der Waals surface area contributed by atoms with Crippen molar-refractivity contribution in [1.29, 1.82) is 0 Å². The Labute approximate surface area is 328 Å². The second-order valence-electron chi connectivity index (χ2n) is 11.2. The molecule has 2 unspecified atom stereocenters. The SMILES string of the molecule is NC(=O)OC(CC=CC(=O)O)c1ccc(OP(=S)(Oc2ccc(NC(=O)OC(C(F)(F)F)C(F)(F)F)cc2)Oc2ccc(C(CC=CC(=O)O)OC(N)=O)cc2)cc1. The topological polar surface area (TPSA) is 245 Å². The summed E-state index contributed by atoms with van der Waals surface area (Å²) in [6, 6.07) is 15.4. The van der Waals surface area contributed by atoms with Crippen LogP contribution in [0.3, 0.4) is 0 Å². The average molecular weight is 866 g/mol. The van der Waals surface area contributed by atoms with Crippen molar-refractivity contribution < 1.29 is 88.3 Å². The first-order valence-electron chi connectivity index (χ1n) is 15.8. The lowest BCUT2D eigenvalue weighted by atomic mass is 10.1. The molecular formula is C34H30F6N3O13PS. The number of benzene rings is 3. The lowest BCUT2D eigenvalue weighted by Crippen LogP contribution is -2.46. The second-order valence-corrected chi connectivity index (χ2v) is 14.0. The molecule has 0 aliphatic carbocycles. The minimum atomic E-state index is -5.94. The number of nitrogens with two attached hydrogens (primary N) is 2. The Hall–Kier alpha value is -6.48. The smallest absolute Gasteiger partial charge is 0.478 e. The summed E-state index contributed by atoms with van der Waals surface area (Å²) in [5.41, 5.74) is 10.7. The van der Waals surface area contributed by atoms with Gasteiger partial charge in [-0.2, -0.15) is 26.3 Å². The second kappa shape index (κ2) is 20.1. The standard InChI is InChI=1S/C34H30F6N3O13PS/c35-33(36,37)29(34(38,39)40)53-32(50)43-21-11-17-24(18-12-21)56-57(58,54-22-13-7-19(8-14-22)25(51-30(41)48)3-1-5-27(44)45)55-23-15-9-20(10-16-23)26(52-31(42)49)4-2-6-28(46)47/h1-2,5-18,25-26,29H,3-4H2,(H2,41,48)(H2,42,49)(H,43,50)(H,44,45)(H,46,47). The summed E-state index contributed by atoms with van der Waals surface area (Å²) in [7, 11) is 0. The number of carbonyl (C=O) groups excluding carboxylic acids is 3. The molecule has 0 aromatic heterocycles. The van der Waals surface area contributed by atoms with Gasteiger partial charge in [0.05, 0.1) is 0 Å². The first-order valence-corrected chi connectivity index (χ1v) is 18.4. The van der Waals surface area contributed by atoms with Crippen molar-refractivity contribution >= 4 is 54.4 Å². The molecule has 312 valence electrons. The fourth-order valence-corrected chi connectivity index (χ4v) is 6.50. The molecule has 0 fully saturated rings. The highest BCUT2D eigenvalue weighted by Gasteiger charge is 2.60. The Balaban J connectivity index is 1.91. The Bertz CT molecular complexity index is 1920. The highest BCUT2D eigenvalue weighted by molar-refractivity contribution is 8.08. The molecule has 0 radical (unpaired) electrons. The molecule has 3 aromatic rings. The van der Waals surface area contributed by atoms with E-state index in [0.717, 1.165) is 36.4 Å². The van der Waals surface area contributed by atoms with Crippen molar-refractivity contribution in [1.82, 2.24) is 0 Å². The van der Waals surface area contributed by atoms with Crippen LogP contribution in [0.2, 0.25) is 0 Å². The molecule has 0 aliphatic heterocycles. The summed E-state index contributed by atoms with van der Waals surface area (Å²) in [5.74, 6) is -2.62. The van der Waals surface area contributed by atoms with Crippen LogP contribution in [0.4, 0.5) is 46.4 Å². The number of ether oxygens (including phenoxy) is 3. The maximum absolute atomic E-state index is 12.8. The van der Waals surface area contributed by atoms with Crippen LogP contribution in [-0.2, 0) is 35.6 Å². The van der Waals surface area contributed by atoms with Gasteiger partial charge in [0.2, 0.25) is 0 Å². The molecule has 0 saturated heterocycles. The monoisotopic (exact) mass is 865 g/mol. The largest absolute Gasteiger partial charge is 0.490 e. The Morgan fingerprint density at radius 1 is 0.638 bits per heavy atom. The highest BCUT2D eigenvalue weighted by atomic mass is 32.5. The summed E-state index contributed by atoms with van der Waals surface area (Å²) >= 11 is 5.65. The average Bonchev–Trinajstić information content (AvgIpc) is 3.09. The number of carboxylic acid groups (broad SMARTS) is 2. The molecule has 3 aromatic carbocycles. The van der Waals surface area contributed by atoms with Gasteiger partial charge in [-0.15, -0.1) is 0 Å². The number of anilines is 1. The number of aliphatic carboxylic acids is 2. The number of carboxylic acids is 2. The minimum absolute atomic E-state index is 0.00709. The van der Waals surface area contributed by atoms with Crippen LogP contribution in [0.1, 0.15) is 36.2 Å². The first-order chi connectivity index (χ1) is 27.0. The molecule has 58 heavy (non-hydrogen) atoms. The van der Waals surface area contributed by atoms with Crippen LogP contribution in [-0.4, -0.2) is 58.9 Å². The molecule has 7 N–H and O–H groups in total. The predicted molar refractivity (Wildman–Crippen MR) is 191 cm³/mol. The van der Waals surface area contributed by atoms with Gasteiger partial charge in [0.15, 0.2) is 0 Å². The zero-order valence-electron chi connectivity index (χ0n) is 29.0. The van der Waals surface area contributed by atoms with Crippen LogP contribution in [0.25, 0.3) is 0 Å². The van der Waals surface area contributed by atoms with Gasteiger partial charge in [-0.3, -0.25) is 5.32 Å². The zero-order chi connectivity index (χ0) is 43.3. The molecule has 0 saturated carbocycles. The summed E-state index contributed by atoms with van der Waals surface area (Å²) in [4.78, 5) is 56.6. The molecule has 3 rings (SSSR count). The Morgan fingerprint density at radius 2 is 0.983 bits per heavy atom. The van der Waals surface area contributed by atoms with E-state index in [1.807, 2.05) is 0 Å². The number of rotatable bonds is 18. The van der Waals surface area contributed by atoms with Crippen molar-refractivity contribution in [2.45, 2.75) is 43.5 Å². The van der Waals surface area contributed by atoms with Gasteiger partial charge in [-0.1, -0.05) is 36.4 Å². The van der Waals surface area contributed by atoms with Crippen molar-refractivity contribution in [3.8, 4) is 17.2 Å².